The van der Waals surface area contributed by atoms with Crippen LogP contribution in [-0.4, -0.2) is 31.5 Å². The Morgan fingerprint density at radius 2 is 1.67 bits per heavy atom. The first kappa shape index (κ1) is 20.7. The van der Waals surface area contributed by atoms with Crippen molar-refractivity contribution in [3.8, 4) is 5.75 Å². The van der Waals surface area contributed by atoms with E-state index in [0.29, 0.717) is 17.2 Å². The number of furan rings is 1. The molecule has 30 heavy (non-hydrogen) atoms. The van der Waals surface area contributed by atoms with Gasteiger partial charge in [0.25, 0.3) is 11.8 Å². The lowest BCUT2D eigenvalue weighted by Gasteiger charge is -2.12. The molecule has 0 atom stereocenters. The number of anilines is 1. The summed E-state index contributed by atoms with van der Waals surface area (Å²) in [7, 11) is 1.44. The fraction of sp³-hybridized carbons (Fsp3) is 0.136. The SMILES string of the molecule is COc1ccccc1C(=O)OCC(=O)Nc1ccccc1C(=O)NCc1ccco1. The smallest absolute Gasteiger partial charge is 0.342 e. The Kier molecular flexibility index (Phi) is 6.83. The molecule has 3 aromatic rings. The number of benzene rings is 2. The minimum atomic E-state index is -0.688. The van der Waals surface area contributed by atoms with Crippen LogP contribution in [0.1, 0.15) is 26.5 Å². The highest BCUT2D eigenvalue weighted by Crippen LogP contribution is 2.18. The number of carbonyl (C=O) groups excluding carboxylic acids is 3. The molecular weight excluding hydrogens is 388 g/mol. The van der Waals surface area contributed by atoms with Gasteiger partial charge in [-0.25, -0.2) is 4.79 Å². The predicted octanol–water partition coefficient (Wildman–Crippen LogP) is 3.01. The van der Waals surface area contributed by atoms with E-state index in [0.717, 1.165) is 0 Å². The third-order valence-corrected chi connectivity index (χ3v) is 4.11. The van der Waals surface area contributed by atoms with Crippen LogP contribution in [0.25, 0.3) is 0 Å². The molecule has 2 amide bonds. The fourth-order valence-electron chi connectivity index (χ4n) is 2.67. The van der Waals surface area contributed by atoms with Crippen molar-refractivity contribution in [3.05, 3.63) is 83.8 Å². The summed E-state index contributed by atoms with van der Waals surface area (Å²) in [5.74, 6) is -0.695. The predicted molar refractivity (Wildman–Crippen MR) is 108 cm³/mol. The number of nitrogens with one attached hydrogen (secondary N) is 2. The third-order valence-electron chi connectivity index (χ3n) is 4.11. The van der Waals surface area contributed by atoms with Crippen molar-refractivity contribution in [1.29, 1.82) is 0 Å². The fourth-order valence-corrected chi connectivity index (χ4v) is 2.67. The number of para-hydroxylation sites is 2. The molecule has 0 saturated heterocycles. The second kappa shape index (κ2) is 9.92. The van der Waals surface area contributed by atoms with E-state index < -0.39 is 18.5 Å². The van der Waals surface area contributed by atoms with E-state index in [4.69, 9.17) is 13.9 Å². The van der Waals surface area contributed by atoms with Crippen molar-refractivity contribution in [2.75, 3.05) is 19.0 Å². The molecule has 1 heterocycles. The second-order valence-corrected chi connectivity index (χ2v) is 6.13. The molecule has 2 aromatic carbocycles. The summed E-state index contributed by atoms with van der Waals surface area (Å²) in [4.78, 5) is 36.9. The van der Waals surface area contributed by atoms with Crippen LogP contribution in [-0.2, 0) is 16.1 Å². The molecule has 0 saturated carbocycles. The van der Waals surface area contributed by atoms with Gasteiger partial charge in [-0.05, 0) is 36.4 Å². The number of esters is 1. The number of ether oxygens (including phenoxy) is 2. The number of hydrogen-bond donors (Lipinski definition) is 2. The summed E-state index contributed by atoms with van der Waals surface area (Å²) < 4.78 is 15.3. The number of rotatable bonds is 8. The first-order valence-corrected chi connectivity index (χ1v) is 9.08. The van der Waals surface area contributed by atoms with Gasteiger partial charge in [-0.15, -0.1) is 0 Å². The van der Waals surface area contributed by atoms with Gasteiger partial charge < -0.3 is 24.5 Å². The maximum atomic E-state index is 12.5. The van der Waals surface area contributed by atoms with E-state index in [2.05, 4.69) is 10.6 Å². The zero-order valence-corrected chi connectivity index (χ0v) is 16.2. The van der Waals surface area contributed by atoms with Gasteiger partial charge in [0, 0.05) is 0 Å². The normalized spacial score (nSPS) is 10.2. The van der Waals surface area contributed by atoms with Crippen molar-refractivity contribution in [2.45, 2.75) is 6.54 Å². The van der Waals surface area contributed by atoms with Crippen LogP contribution in [0.4, 0.5) is 5.69 Å². The highest BCUT2D eigenvalue weighted by Gasteiger charge is 2.17. The highest BCUT2D eigenvalue weighted by molar-refractivity contribution is 6.04. The van der Waals surface area contributed by atoms with Crippen LogP contribution in [0.5, 0.6) is 5.75 Å². The van der Waals surface area contributed by atoms with Crippen LogP contribution in [0, 0.1) is 0 Å². The molecule has 0 aliphatic heterocycles. The molecule has 0 aliphatic carbocycles. The maximum absolute atomic E-state index is 12.5. The lowest BCUT2D eigenvalue weighted by Crippen LogP contribution is -2.26. The minimum Gasteiger partial charge on any atom is -0.496 e. The van der Waals surface area contributed by atoms with E-state index in [-0.39, 0.29) is 23.6 Å². The van der Waals surface area contributed by atoms with Crippen molar-refractivity contribution >= 4 is 23.5 Å². The molecule has 0 fully saturated rings. The first-order chi connectivity index (χ1) is 14.6. The Morgan fingerprint density at radius 1 is 0.933 bits per heavy atom. The van der Waals surface area contributed by atoms with Crippen molar-refractivity contribution in [3.63, 3.8) is 0 Å². The van der Waals surface area contributed by atoms with E-state index >= 15 is 0 Å². The molecule has 0 spiro atoms. The van der Waals surface area contributed by atoms with Crippen molar-refractivity contribution in [1.82, 2.24) is 5.32 Å². The number of carbonyl (C=O) groups is 3. The summed E-state index contributed by atoms with van der Waals surface area (Å²) >= 11 is 0. The van der Waals surface area contributed by atoms with Crippen LogP contribution < -0.4 is 15.4 Å². The van der Waals surface area contributed by atoms with Crippen molar-refractivity contribution in [2.24, 2.45) is 0 Å². The Morgan fingerprint density at radius 3 is 2.40 bits per heavy atom. The second-order valence-electron chi connectivity index (χ2n) is 6.13. The average Bonchev–Trinajstić information content (AvgIpc) is 3.30. The number of methoxy groups -OCH3 is 1. The van der Waals surface area contributed by atoms with Crippen LogP contribution in [0.3, 0.4) is 0 Å². The van der Waals surface area contributed by atoms with E-state index in [1.807, 2.05) is 0 Å². The molecule has 1 aromatic heterocycles. The monoisotopic (exact) mass is 408 g/mol. The van der Waals surface area contributed by atoms with Crippen LogP contribution in [0.15, 0.2) is 71.3 Å². The van der Waals surface area contributed by atoms with Gasteiger partial charge in [-0.1, -0.05) is 24.3 Å². The number of amides is 2. The Balaban J connectivity index is 1.58. The zero-order chi connectivity index (χ0) is 21.3. The van der Waals surface area contributed by atoms with Gasteiger partial charge in [0.2, 0.25) is 0 Å². The maximum Gasteiger partial charge on any atom is 0.342 e. The Hall–Kier alpha value is -4.07. The molecular formula is C22H20N2O6. The van der Waals surface area contributed by atoms with Crippen molar-refractivity contribution < 1.29 is 28.3 Å². The van der Waals surface area contributed by atoms with Gasteiger partial charge in [0.05, 0.1) is 31.2 Å². The standard InChI is InChI=1S/C22H20N2O6/c1-28-19-11-5-3-9-17(19)22(27)30-14-20(25)24-18-10-4-2-8-16(18)21(26)23-13-15-7-6-12-29-15/h2-12H,13-14H2,1H3,(H,23,26)(H,24,25). The van der Waals surface area contributed by atoms with Gasteiger partial charge in [-0.2, -0.15) is 0 Å². The Bertz CT molecular complexity index is 1030. The molecule has 8 nitrogen and oxygen atoms in total. The van der Waals surface area contributed by atoms with Crippen LogP contribution in [0.2, 0.25) is 0 Å². The summed E-state index contributed by atoms with van der Waals surface area (Å²) in [6.07, 6.45) is 1.52. The highest BCUT2D eigenvalue weighted by atomic mass is 16.5. The van der Waals surface area contributed by atoms with E-state index in [9.17, 15) is 14.4 Å². The lowest BCUT2D eigenvalue weighted by molar-refractivity contribution is -0.119. The summed E-state index contributed by atoms with van der Waals surface area (Å²) in [6.45, 7) is -0.302. The number of hydrogen-bond acceptors (Lipinski definition) is 6. The average molecular weight is 408 g/mol. The van der Waals surface area contributed by atoms with Gasteiger partial charge in [-0.3, -0.25) is 9.59 Å². The molecule has 0 bridgehead atoms. The largest absolute Gasteiger partial charge is 0.496 e. The Labute approximate surface area is 172 Å². The van der Waals surface area contributed by atoms with Crippen LogP contribution >= 0.6 is 0 Å². The lowest BCUT2D eigenvalue weighted by atomic mass is 10.1. The van der Waals surface area contributed by atoms with Gasteiger partial charge in [0.15, 0.2) is 6.61 Å². The molecule has 2 N–H and O–H groups in total. The molecule has 3 rings (SSSR count). The van der Waals surface area contributed by atoms with Gasteiger partial charge >= 0.3 is 5.97 Å². The summed E-state index contributed by atoms with van der Waals surface area (Å²) in [5.41, 5.74) is 0.784. The summed E-state index contributed by atoms with van der Waals surface area (Å²) in [5, 5.41) is 5.30. The zero-order valence-electron chi connectivity index (χ0n) is 16.2. The van der Waals surface area contributed by atoms with Gasteiger partial charge in [0.1, 0.15) is 17.1 Å². The molecule has 0 radical (unpaired) electrons. The molecule has 0 unspecified atom stereocenters. The van der Waals surface area contributed by atoms with E-state index in [1.165, 1.54) is 19.4 Å². The first-order valence-electron chi connectivity index (χ1n) is 9.08. The molecule has 0 aliphatic rings. The topological polar surface area (TPSA) is 107 Å². The third kappa shape index (κ3) is 5.26. The quantitative estimate of drug-likeness (QED) is 0.555. The van der Waals surface area contributed by atoms with E-state index in [1.54, 1.807) is 54.6 Å². The minimum absolute atomic E-state index is 0.213. The molecule has 154 valence electrons. The summed E-state index contributed by atoms with van der Waals surface area (Å²) in [6, 6.07) is 16.5. The molecule has 8 heteroatoms.